The molecule has 0 bridgehead atoms. The molecule has 0 aliphatic rings. The summed E-state index contributed by atoms with van der Waals surface area (Å²) in [7, 11) is 0. The van der Waals surface area contributed by atoms with Crippen molar-refractivity contribution in [1.29, 1.82) is 5.26 Å². The second kappa shape index (κ2) is 6.24. The summed E-state index contributed by atoms with van der Waals surface area (Å²) < 4.78 is 13.2. The van der Waals surface area contributed by atoms with Gasteiger partial charge in [-0.15, -0.1) is 0 Å². The third-order valence-corrected chi connectivity index (χ3v) is 2.72. The zero-order chi connectivity index (χ0) is 12.7. The minimum absolute atomic E-state index is 0.218. The summed E-state index contributed by atoms with van der Waals surface area (Å²) in [6.07, 6.45) is 2.80. The molecule has 0 amide bonds. The van der Waals surface area contributed by atoms with Gasteiger partial charge < -0.3 is 5.32 Å². The summed E-state index contributed by atoms with van der Waals surface area (Å²) in [5, 5.41) is 11.9. The summed E-state index contributed by atoms with van der Waals surface area (Å²) >= 11 is 0. The van der Waals surface area contributed by atoms with E-state index in [-0.39, 0.29) is 11.2 Å². The molecule has 1 rings (SSSR count). The average molecular weight is 234 g/mol. The zero-order valence-electron chi connectivity index (χ0n) is 10.5. The maximum atomic E-state index is 13.2. The second-order valence-corrected chi connectivity index (χ2v) is 4.86. The Kier molecular flexibility index (Phi) is 4.96. The van der Waals surface area contributed by atoms with Crippen molar-refractivity contribution in [2.45, 2.75) is 33.1 Å². The van der Waals surface area contributed by atoms with Gasteiger partial charge in [0.2, 0.25) is 0 Å². The SMILES string of the molecule is CC(C)(C#N)CCCCNc1ccccc1F. The van der Waals surface area contributed by atoms with Gasteiger partial charge >= 0.3 is 0 Å². The number of hydrogen-bond donors (Lipinski definition) is 1. The van der Waals surface area contributed by atoms with Crippen molar-refractivity contribution in [3.63, 3.8) is 0 Å². The predicted octanol–water partition coefficient (Wildman–Crippen LogP) is 3.96. The number of para-hydroxylation sites is 1. The molecule has 0 aliphatic heterocycles. The molecule has 2 nitrogen and oxygen atoms in total. The number of hydrogen-bond acceptors (Lipinski definition) is 2. The number of benzene rings is 1. The maximum absolute atomic E-state index is 13.2. The predicted molar refractivity (Wildman–Crippen MR) is 68.1 cm³/mol. The molecule has 0 aliphatic carbocycles. The van der Waals surface area contributed by atoms with Crippen LogP contribution in [-0.2, 0) is 0 Å². The van der Waals surface area contributed by atoms with Crippen LogP contribution in [0.25, 0.3) is 0 Å². The van der Waals surface area contributed by atoms with Crippen LogP contribution in [0.15, 0.2) is 24.3 Å². The molecule has 0 heterocycles. The van der Waals surface area contributed by atoms with Crippen molar-refractivity contribution in [3.8, 4) is 6.07 Å². The van der Waals surface area contributed by atoms with Crippen LogP contribution in [0.3, 0.4) is 0 Å². The monoisotopic (exact) mass is 234 g/mol. The summed E-state index contributed by atoms with van der Waals surface area (Å²) in [5.41, 5.74) is 0.296. The van der Waals surface area contributed by atoms with Crippen LogP contribution in [0.5, 0.6) is 0 Å². The average Bonchev–Trinajstić information content (AvgIpc) is 2.31. The fourth-order valence-electron chi connectivity index (χ4n) is 1.58. The number of nitriles is 1. The molecule has 0 saturated carbocycles. The van der Waals surface area contributed by atoms with E-state index in [4.69, 9.17) is 5.26 Å². The summed E-state index contributed by atoms with van der Waals surface area (Å²) in [4.78, 5) is 0. The lowest BCUT2D eigenvalue weighted by atomic mass is 9.89. The van der Waals surface area contributed by atoms with E-state index in [1.54, 1.807) is 12.1 Å². The molecule has 0 atom stereocenters. The van der Waals surface area contributed by atoms with Crippen molar-refractivity contribution in [3.05, 3.63) is 30.1 Å². The Labute approximate surface area is 102 Å². The van der Waals surface area contributed by atoms with Gasteiger partial charge in [-0.05, 0) is 38.8 Å². The minimum atomic E-state index is -0.252. The third-order valence-electron chi connectivity index (χ3n) is 2.72. The summed E-state index contributed by atoms with van der Waals surface area (Å²) in [6, 6.07) is 8.94. The maximum Gasteiger partial charge on any atom is 0.146 e. The Morgan fingerprint density at radius 1 is 1.29 bits per heavy atom. The molecule has 0 aromatic heterocycles. The van der Waals surface area contributed by atoms with E-state index in [1.807, 2.05) is 19.9 Å². The fraction of sp³-hybridized carbons (Fsp3) is 0.500. The first kappa shape index (κ1) is 13.5. The van der Waals surface area contributed by atoms with Gasteiger partial charge in [-0.1, -0.05) is 18.6 Å². The highest BCUT2D eigenvalue weighted by Gasteiger charge is 2.15. The van der Waals surface area contributed by atoms with Crippen LogP contribution in [-0.4, -0.2) is 6.54 Å². The van der Waals surface area contributed by atoms with E-state index >= 15 is 0 Å². The molecule has 0 spiro atoms. The van der Waals surface area contributed by atoms with Gasteiger partial charge in [0.25, 0.3) is 0 Å². The second-order valence-electron chi connectivity index (χ2n) is 4.86. The van der Waals surface area contributed by atoms with Gasteiger partial charge in [0.1, 0.15) is 5.82 Å². The van der Waals surface area contributed by atoms with Crippen molar-refractivity contribution >= 4 is 5.69 Å². The number of rotatable bonds is 6. The summed E-state index contributed by atoms with van der Waals surface area (Å²) in [6.45, 7) is 4.62. The van der Waals surface area contributed by atoms with Gasteiger partial charge in [-0.25, -0.2) is 4.39 Å². The highest BCUT2D eigenvalue weighted by atomic mass is 19.1. The van der Waals surface area contributed by atoms with Crippen LogP contribution < -0.4 is 5.32 Å². The standard InChI is InChI=1S/C14H19FN2/c1-14(2,11-16)9-5-6-10-17-13-8-4-3-7-12(13)15/h3-4,7-8,17H,5-6,9-10H2,1-2H3. The molecule has 1 N–H and O–H groups in total. The number of anilines is 1. The normalized spacial score (nSPS) is 10.9. The highest BCUT2D eigenvalue weighted by molar-refractivity contribution is 5.44. The van der Waals surface area contributed by atoms with Crippen molar-refractivity contribution in [2.24, 2.45) is 5.41 Å². The first-order valence-corrected chi connectivity index (χ1v) is 5.95. The lowest BCUT2D eigenvalue weighted by Crippen LogP contribution is -2.09. The van der Waals surface area contributed by atoms with Gasteiger partial charge in [-0.3, -0.25) is 0 Å². The molecular formula is C14H19FN2. The zero-order valence-corrected chi connectivity index (χ0v) is 10.5. The Balaban J connectivity index is 2.22. The Hall–Kier alpha value is -1.56. The quantitative estimate of drug-likeness (QED) is 0.756. The van der Waals surface area contributed by atoms with E-state index in [0.717, 1.165) is 25.8 Å². The molecule has 3 heteroatoms. The van der Waals surface area contributed by atoms with Crippen LogP contribution in [0.1, 0.15) is 33.1 Å². The first-order chi connectivity index (χ1) is 8.05. The number of nitrogens with zero attached hydrogens (tertiary/aromatic N) is 1. The lowest BCUT2D eigenvalue weighted by Gasteiger charge is -2.14. The molecular weight excluding hydrogens is 215 g/mol. The number of nitrogens with one attached hydrogen (secondary N) is 1. The molecule has 0 radical (unpaired) electrons. The van der Waals surface area contributed by atoms with Gasteiger partial charge in [0, 0.05) is 6.54 Å². The van der Waals surface area contributed by atoms with E-state index in [2.05, 4.69) is 11.4 Å². The number of unbranched alkanes of at least 4 members (excludes halogenated alkanes) is 1. The van der Waals surface area contributed by atoms with Gasteiger partial charge in [0.05, 0.1) is 17.2 Å². The lowest BCUT2D eigenvalue weighted by molar-refractivity contribution is 0.430. The highest BCUT2D eigenvalue weighted by Crippen LogP contribution is 2.21. The Bertz CT molecular complexity index is 393. The van der Waals surface area contributed by atoms with E-state index in [0.29, 0.717) is 5.69 Å². The van der Waals surface area contributed by atoms with Gasteiger partial charge in [-0.2, -0.15) is 5.26 Å². The van der Waals surface area contributed by atoms with E-state index in [1.165, 1.54) is 6.07 Å². The minimum Gasteiger partial charge on any atom is -0.383 e. The Morgan fingerprint density at radius 2 is 2.00 bits per heavy atom. The topological polar surface area (TPSA) is 35.8 Å². The fourth-order valence-corrected chi connectivity index (χ4v) is 1.58. The molecule has 1 aromatic rings. The Morgan fingerprint density at radius 3 is 2.65 bits per heavy atom. The van der Waals surface area contributed by atoms with Crippen LogP contribution in [0.2, 0.25) is 0 Å². The molecule has 0 unspecified atom stereocenters. The van der Waals surface area contributed by atoms with Crippen molar-refractivity contribution < 1.29 is 4.39 Å². The molecule has 17 heavy (non-hydrogen) atoms. The third kappa shape index (κ3) is 4.86. The van der Waals surface area contributed by atoms with Crippen LogP contribution >= 0.6 is 0 Å². The van der Waals surface area contributed by atoms with Gasteiger partial charge in [0.15, 0.2) is 0 Å². The molecule has 0 saturated heterocycles. The number of halogens is 1. The smallest absolute Gasteiger partial charge is 0.146 e. The molecule has 0 fully saturated rings. The van der Waals surface area contributed by atoms with E-state index in [9.17, 15) is 4.39 Å². The largest absolute Gasteiger partial charge is 0.383 e. The van der Waals surface area contributed by atoms with E-state index < -0.39 is 0 Å². The van der Waals surface area contributed by atoms with Crippen LogP contribution in [0, 0.1) is 22.6 Å². The van der Waals surface area contributed by atoms with Crippen molar-refractivity contribution in [1.82, 2.24) is 0 Å². The van der Waals surface area contributed by atoms with Crippen molar-refractivity contribution in [2.75, 3.05) is 11.9 Å². The van der Waals surface area contributed by atoms with Crippen LogP contribution in [0.4, 0.5) is 10.1 Å². The molecule has 92 valence electrons. The molecule has 1 aromatic carbocycles. The summed E-state index contributed by atoms with van der Waals surface area (Å²) in [5.74, 6) is -0.218. The first-order valence-electron chi connectivity index (χ1n) is 5.95.